The lowest BCUT2D eigenvalue weighted by molar-refractivity contribution is 1.14. The lowest BCUT2D eigenvalue weighted by Crippen LogP contribution is -2.19. The maximum atomic E-state index is 2.70. The summed E-state index contributed by atoms with van der Waals surface area (Å²) in [6.45, 7) is 6.99. The highest BCUT2D eigenvalue weighted by Gasteiger charge is 2.36. The van der Waals surface area contributed by atoms with Crippen LogP contribution in [-0.4, -0.2) is 0 Å². The van der Waals surface area contributed by atoms with E-state index in [1.165, 1.54) is 112 Å². The minimum Gasteiger partial charge on any atom is -0.308 e. The first-order chi connectivity index (χ1) is 26.6. The van der Waals surface area contributed by atoms with Crippen LogP contribution >= 0.6 is 0 Å². The van der Waals surface area contributed by atoms with Gasteiger partial charge in [-0.05, 0) is 110 Å². The smallest absolute Gasteiger partial charge is 0.0588 e. The van der Waals surface area contributed by atoms with Crippen molar-refractivity contribution in [2.45, 2.75) is 33.6 Å². The maximum Gasteiger partial charge on any atom is 0.0588 e. The second-order valence-corrected chi connectivity index (χ2v) is 14.9. The lowest BCUT2D eigenvalue weighted by Gasteiger charge is -2.36. The molecule has 0 fully saturated rings. The van der Waals surface area contributed by atoms with E-state index in [1.807, 2.05) is 0 Å². The molecule has 0 heterocycles. The van der Waals surface area contributed by atoms with E-state index in [-0.39, 0.29) is 0 Å². The molecule has 2 aliphatic rings. The van der Waals surface area contributed by atoms with Gasteiger partial charge in [-0.15, -0.1) is 0 Å². The van der Waals surface area contributed by atoms with Gasteiger partial charge in [0.05, 0.1) is 17.1 Å². The monoisotopic (exact) mass is 691 g/mol. The van der Waals surface area contributed by atoms with E-state index in [2.05, 4.69) is 196 Å². The number of anilines is 3. The van der Waals surface area contributed by atoms with Crippen LogP contribution in [-0.2, 0) is 12.8 Å². The Labute approximate surface area is 318 Å². The van der Waals surface area contributed by atoms with Crippen molar-refractivity contribution in [2.75, 3.05) is 4.90 Å². The Hall–Kier alpha value is -6.44. The fourth-order valence-electron chi connectivity index (χ4n) is 9.36. The minimum atomic E-state index is 0.869. The molecule has 0 radical (unpaired) electrons. The molecule has 0 N–H and O–H groups in total. The molecule has 1 nitrogen and oxygen atoms in total. The summed E-state index contributed by atoms with van der Waals surface area (Å²) in [4.78, 5) is 2.70. The first-order valence-corrected chi connectivity index (χ1v) is 19.1. The molecular weight excluding hydrogens is 651 g/mol. The summed E-state index contributed by atoms with van der Waals surface area (Å²) in [5.41, 5.74) is 26.1. The summed E-state index contributed by atoms with van der Waals surface area (Å²) < 4.78 is 0. The standard InChI is InChI=1S/C53H41N/c1-34-31-45-42-27-15-13-25-40(42)32-46(45)52(35(34)2)54(48-30-18-17-28-43(48)37-19-7-4-8-20-37)53-47-33-41-26-14-16-29-44(41)50(47)36(3)49(38-21-9-5-10-22-38)51(53)39-23-11-6-12-24-39/h4-31H,32-33H2,1-3H3. The molecule has 0 aliphatic heterocycles. The van der Waals surface area contributed by atoms with Crippen LogP contribution in [0.4, 0.5) is 17.1 Å². The number of benzene rings is 8. The molecule has 8 aromatic rings. The summed E-state index contributed by atoms with van der Waals surface area (Å²) in [5.74, 6) is 0. The maximum absolute atomic E-state index is 2.70. The van der Waals surface area contributed by atoms with E-state index in [1.54, 1.807) is 0 Å². The third kappa shape index (κ3) is 5.00. The molecule has 0 saturated heterocycles. The van der Waals surface area contributed by atoms with Crippen molar-refractivity contribution >= 4 is 17.1 Å². The molecule has 8 aromatic carbocycles. The van der Waals surface area contributed by atoms with E-state index in [9.17, 15) is 0 Å². The summed E-state index contributed by atoms with van der Waals surface area (Å²) in [6.07, 6.45) is 1.76. The van der Waals surface area contributed by atoms with Gasteiger partial charge in [-0.2, -0.15) is 0 Å². The SMILES string of the molecule is Cc1cc2c(c(N(c3ccccc3-c3ccccc3)c3c4c(c(C)c(-c5ccccc5)c3-c3ccccc3)-c3ccccc3C4)c1C)Cc1ccccc1-2. The number of hydrogen-bond acceptors (Lipinski definition) is 1. The van der Waals surface area contributed by atoms with E-state index in [0.29, 0.717) is 0 Å². The average molecular weight is 692 g/mol. The molecule has 258 valence electrons. The van der Waals surface area contributed by atoms with E-state index < -0.39 is 0 Å². The minimum absolute atomic E-state index is 0.869. The van der Waals surface area contributed by atoms with Crippen LogP contribution in [0.15, 0.2) is 170 Å². The van der Waals surface area contributed by atoms with Gasteiger partial charge in [0.15, 0.2) is 0 Å². The first-order valence-electron chi connectivity index (χ1n) is 19.1. The fraction of sp³-hybridized carbons (Fsp3) is 0.0943. The van der Waals surface area contributed by atoms with Crippen LogP contribution in [0.5, 0.6) is 0 Å². The van der Waals surface area contributed by atoms with Crippen molar-refractivity contribution in [3.05, 3.63) is 209 Å². The summed E-state index contributed by atoms with van der Waals surface area (Å²) >= 11 is 0. The predicted octanol–water partition coefficient (Wildman–Crippen LogP) is 14.2. The highest BCUT2D eigenvalue weighted by molar-refractivity contribution is 6.07. The predicted molar refractivity (Wildman–Crippen MR) is 228 cm³/mol. The number of fused-ring (bicyclic) bond motifs is 6. The molecule has 54 heavy (non-hydrogen) atoms. The Bertz CT molecular complexity index is 2720. The van der Waals surface area contributed by atoms with Gasteiger partial charge < -0.3 is 4.90 Å². The molecule has 0 aromatic heterocycles. The van der Waals surface area contributed by atoms with E-state index >= 15 is 0 Å². The van der Waals surface area contributed by atoms with Crippen molar-refractivity contribution in [3.63, 3.8) is 0 Å². The molecule has 0 spiro atoms. The van der Waals surface area contributed by atoms with Crippen molar-refractivity contribution in [3.8, 4) is 55.6 Å². The molecule has 0 unspecified atom stereocenters. The van der Waals surface area contributed by atoms with Crippen molar-refractivity contribution < 1.29 is 0 Å². The Morgan fingerprint density at radius 2 is 0.870 bits per heavy atom. The Balaban J connectivity index is 1.42. The lowest BCUT2D eigenvalue weighted by atomic mass is 9.82. The second kappa shape index (κ2) is 12.9. The molecule has 1 heteroatoms. The topological polar surface area (TPSA) is 3.24 Å². The molecular formula is C53H41N. The van der Waals surface area contributed by atoms with Crippen molar-refractivity contribution in [1.29, 1.82) is 0 Å². The zero-order valence-corrected chi connectivity index (χ0v) is 31.0. The third-order valence-electron chi connectivity index (χ3n) is 11.9. The Kier molecular flexibility index (Phi) is 7.70. The van der Waals surface area contributed by atoms with Crippen LogP contribution in [0, 0.1) is 20.8 Å². The van der Waals surface area contributed by atoms with Gasteiger partial charge in [-0.25, -0.2) is 0 Å². The summed E-state index contributed by atoms with van der Waals surface area (Å²) in [5, 5.41) is 0. The van der Waals surface area contributed by atoms with Gasteiger partial charge in [0.25, 0.3) is 0 Å². The number of hydrogen-bond donors (Lipinski definition) is 0. The second-order valence-electron chi connectivity index (χ2n) is 14.9. The molecule has 0 saturated carbocycles. The molecule has 10 rings (SSSR count). The number of aryl methyl sites for hydroxylation is 1. The van der Waals surface area contributed by atoms with Crippen LogP contribution < -0.4 is 4.90 Å². The fourth-order valence-corrected chi connectivity index (χ4v) is 9.36. The third-order valence-corrected chi connectivity index (χ3v) is 11.9. The highest BCUT2D eigenvalue weighted by Crippen LogP contribution is 2.58. The largest absolute Gasteiger partial charge is 0.308 e. The van der Waals surface area contributed by atoms with Gasteiger partial charge in [-0.3, -0.25) is 0 Å². The summed E-state index contributed by atoms with van der Waals surface area (Å²) in [7, 11) is 0. The van der Waals surface area contributed by atoms with Crippen molar-refractivity contribution in [2.24, 2.45) is 0 Å². The number of para-hydroxylation sites is 1. The zero-order valence-electron chi connectivity index (χ0n) is 31.0. The molecule has 0 amide bonds. The van der Waals surface area contributed by atoms with Gasteiger partial charge in [-0.1, -0.05) is 164 Å². The van der Waals surface area contributed by atoms with Gasteiger partial charge in [0, 0.05) is 24.0 Å². The molecule has 0 atom stereocenters. The highest BCUT2D eigenvalue weighted by atomic mass is 15.2. The summed E-state index contributed by atoms with van der Waals surface area (Å²) in [6, 6.07) is 62.7. The number of rotatable bonds is 6. The average Bonchev–Trinajstić information content (AvgIpc) is 3.80. The van der Waals surface area contributed by atoms with Gasteiger partial charge >= 0.3 is 0 Å². The van der Waals surface area contributed by atoms with E-state index in [4.69, 9.17) is 0 Å². The number of nitrogens with zero attached hydrogens (tertiary/aromatic N) is 1. The Morgan fingerprint density at radius 3 is 1.54 bits per heavy atom. The molecule has 2 aliphatic carbocycles. The van der Waals surface area contributed by atoms with E-state index in [0.717, 1.165) is 12.8 Å². The zero-order chi connectivity index (χ0) is 36.3. The Morgan fingerprint density at radius 1 is 0.370 bits per heavy atom. The quantitative estimate of drug-likeness (QED) is 0.168. The van der Waals surface area contributed by atoms with Crippen LogP contribution in [0.1, 0.15) is 38.9 Å². The van der Waals surface area contributed by atoms with Crippen LogP contribution in [0.25, 0.3) is 55.6 Å². The van der Waals surface area contributed by atoms with Crippen LogP contribution in [0.2, 0.25) is 0 Å². The van der Waals surface area contributed by atoms with Crippen molar-refractivity contribution in [1.82, 2.24) is 0 Å². The van der Waals surface area contributed by atoms with Gasteiger partial charge in [0.1, 0.15) is 0 Å². The first kappa shape index (κ1) is 32.2. The van der Waals surface area contributed by atoms with Crippen LogP contribution in [0.3, 0.4) is 0 Å². The molecule has 0 bridgehead atoms. The van der Waals surface area contributed by atoms with Gasteiger partial charge in [0.2, 0.25) is 0 Å². The normalized spacial score (nSPS) is 12.2.